The quantitative estimate of drug-likeness (QED) is 0.795. The number of hydrogen-bond acceptors (Lipinski definition) is 5. The molecule has 0 saturated carbocycles. The van der Waals surface area contributed by atoms with Crippen LogP contribution in [-0.2, 0) is 7.05 Å². The SMILES string of the molecule is COc1ccccc1-c1c(-c2cncnc2)nn(C)c1N. The minimum Gasteiger partial charge on any atom is -0.496 e. The number of aromatic nitrogens is 4. The van der Waals surface area contributed by atoms with Crippen LogP contribution in [0, 0.1) is 0 Å². The first-order chi connectivity index (χ1) is 10.2. The number of benzene rings is 1. The third-order valence-corrected chi connectivity index (χ3v) is 3.30. The van der Waals surface area contributed by atoms with Crippen molar-refractivity contribution in [1.29, 1.82) is 0 Å². The minimum atomic E-state index is 0.568. The summed E-state index contributed by atoms with van der Waals surface area (Å²) in [6.07, 6.45) is 4.92. The lowest BCUT2D eigenvalue weighted by Gasteiger charge is -2.09. The van der Waals surface area contributed by atoms with Crippen LogP contribution in [-0.4, -0.2) is 26.9 Å². The Labute approximate surface area is 122 Å². The van der Waals surface area contributed by atoms with Gasteiger partial charge in [-0.05, 0) is 6.07 Å². The molecule has 0 amide bonds. The van der Waals surface area contributed by atoms with E-state index in [-0.39, 0.29) is 0 Å². The molecule has 3 rings (SSSR count). The second-order valence-corrected chi connectivity index (χ2v) is 4.56. The van der Waals surface area contributed by atoms with Crippen molar-refractivity contribution < 1.29 is 4.74 Å². The van der Waals surface area contributed by atoms with Gasteiger partial charge in [0.05, 0.1) is 12.7 Å². The summed E-state index contributed by atoms with van der Waals surface area (Å²) in [5, 5.41) is 4.49. The zero-order valence-corrected chi connectivity index (χ0v) is 11.8. The summed E-state index contributed by atoms with van der Waals surface area (Å²) in [5.74, 6) is 1.31. The van der Waals surface area contributed by atoms with Crippen LogP contribution in [0.5, 0.6) is 5.75 Å². The zero-order valence-electron chi connectivity index (χ0n) is 11.8. The van der Waals surface area contributed by atoms with Gasteiger partial charge in [0.1, 0.15) is 23.6 Å². The van der Waals surface area contributed by atoms with E-state index in [9.17, 15) is 0 Å². The Morgan fingerprint density at radius 3 is 2.57 bits per heavy atom. The number of anilines is 1. The Bertz CT molecular complexity index is 767. The topological polar surface area (TPSA) is 78.9 Å². The minimum absolute atomic E-state index is 0.568. The van der Waals surface area contributed by atoms with E-state index in [0.717, 1.165) is 28.1 Å². The van der Waals surface area contributed by atoms with Crippen molar-refractivity contribution in [1.82, 2.24) is 19.7 Å². The molecule has 0 atom stereocenters. The zero-order chi connectivity index (χ0) is 14.8. The Morgan fingerprint density at radius 1 is 1.14 bits per heavy atom. The Balaban J connectivity index is 2.28. The van der Waals surface area contributed by atoms with Crippen LogP contribution in [0.4, 0.5) is 5.82 Å². The van der Waals surface area contributed by atoms with Crippen molar-refractivity contribution in [3.63, 3.8) is 0 Å². The summed E-state index contributed by atoms with van der Waals surface area (Å²) in [6, 6.07) is 7.71. The summed E-state index contributed by atoms with van der Waals surface area (Å²) in [6.45, 7) is 0. The molecule has 1 aromatic carbocycles. The third kappa shape index (κ3) is 2.20. The predicted octanol–water partition coefficient (Wildman–Crippen LogP) is 2.13. The number of nitrogens with two attached hydrogens (primary N) is 1. The van der Waals surface area contributed by atoms with Crippen LogP contribution in [0.15, 0.2) is 43.0 Å². The molecule has 0 aliphatic rings. The monoisotopic (exact) mass is 281 g/mol. The number of nitrogen functional groups attached to an aromatic ring is 1. The molecule has 6 nitrogen and oxygen atoms in total. The molecule has 0 radical (unpaired) electrons. The van der Waals surface area contributed by atoms with E-state index in [2.05, 4.69) is 15.1 Å². The molecule has 0 spiro atoms. The molecule has 0 fully saturated rings. The van der Waals surface area contributed by atoms with Gasteiger partial charge in [0.25, 0.3) is 0 Å². The molecule has 2 heterocycles. The number of nitrogens with zero attached hydrogens (tertiary/aromatic N) is 4. The number of aryl methyl sites for hydroxylation is 1. The highest BCUT2D eigenvalue weighted by molar-refractivity contribution is 5.90. The summed E-state index contributed by atoms with van der Waals surface area (Å²) >= 11 is 0. The molecule has 0 aliphatic heterocycles. The van der Waals surface area contributed by atoms with E-state index < -0.39 is 0 Å². The summed E-state index contributed by atoms with van der Waals surface area (Å²) < 4.78 is 7.07. The number of para-hydroxylation sites is 1. The Morgan fingerprint density at radius 2 is 1.86 bits per heavy atom. The second-order valence-electron chi connectivity index (χ2n) is 4.56. The lowest BCUT2D eigenvalue weighted by Crippen LogP contribution is -1.98. The van der Waals surface area contributed by atoms with Crippen molar-refractivity contribution in [2.24, 2.45) is 7.05 Å². The van der Waals surface area contributed by atoms with Crippen LogP contribution in [0.1, 0.15) is 0 Å². The maximum atomic E-state index is 6.20. The van der Waals surface area contributed by atoms with Crippen LogP contribution < -0.4 is 10.5 Å². The van der Waals surface area contributed by atoms with Crippen molar-refractivity contribution >= 4 is 5.82 Å². The highest BCUT2D eigenvalue weighted by Crippen LogP contribution is 2.39. The molecular weight excluding hydrogens is 266 g/mol. The van der Waals surface area contributed by atoms with E-state index in [1.807, 2.05) is 31.3 Å². The number of hydrogen-bond donors (Lipinski definition) is 1. The average Bonchev–Trinajstić information content (AvgIpc) is 2.83. The molecule has 0 saturated heterocycles. The number of methoxy groups -OCH3 is 1. The van der Waals surface area contributed by atoms with Crippen LogP contribution in [0.2, 0.25) is 0 Å². The molecule has 3 aromatic rings. The van der Waals surface area contributed by atoms with Gasteiger partial charge in [0.2, 0.25) is 0 Å². The second kappa shape index (κ2) is 5.24. The van der Waals surface area contributed by atoms with E-state index in [4.69, 9.17) is 10.5 Å². The van der Waals surface area contributed by atoms with E-state index in [1.54, 1.807) is 24.2 Å². The fraction of sp³-hybridized carbons (Fsp3) is 0.133. The van der Waals surface area contributed by atoms with Gasteiger partial charge in [-0.15, -0.1) is 0 Å². The number of rotatable bonds is 3. The molecule has 106 valence electrons. The van der Waals surface area contributed by atoms with Gasteiger partial charge >= 0.3 is 0 Å². The van der Waals surface area contributed by atoms with Crippen molar-refractivity contribution in [3.8, 4) is 28.1 Å². The third-order valence-electron chi connectivity index (χ3n) is 3.30. The van der Waals surface area contributed by atoms with Gasteiger partial charge in [-0.25, -0.2) is 9.97 Å². The normalized spacial score (nSPS) is 10.6. The predicted molar refractivity (Wildman–Crippen MR) is 80.6 cm³/mol. The standard InChI is InChI=1S/C15H15N5O/c1-20-15(16)13(11-5-3-4-6-12(11)21-2)14(19-20)10-7-17-9-18-8-10/h3-9H,16H2,1-2H3. The first kappa shape index (κ1) is 13.1. The fourth-order valence-electron chi connectivity index (χ4n) is 2.28. The van der Waals surface area contributed by atoms with Gasteiger partial charge < -0.3 is 10.5 Å². The largest absolute Gasteiger partial charge is 0.496 e. The Kier molecular flexibility index (Phi) is 3.27. The molecule has 0 unspecified atom stereocenters. The highest BCUT2D eigenvalue weighted by atomic mass is 16.5. The average molecular weight is 281 g/mol. The molecule has 21 heavy (non-hydrogen) atoms. The summed E-state index contributed by atoms with van der Waals surface area (Å²) in [4.78, 5) is 8.09. The van der Waals surface area contributed by atoms with E-state index in [1.165, 1.54) is 6.33 Å². The molecule has 6 heteroatoms. The first-order valence-corrected chi connectivity index (χ1v) is 6.43. The van der Waals surface area contributed by atoms with E-state index >= 15 is 0 Å². The Hall–Kier alpha value is -2.89. The molecule has 2 aromatic heterocycles. The summed E-state index contributed by atoms with van der Waals surface area (Å²) in [7, 11) is 3.44. The van der Waals surface area contributed by atoms with E-state index in [0.29, 0.717) is 5.82 Å². The van der Waals surface area contributed by atoms with Gasteiger partial charge in [-0.3, -0.25) is 4.68 Å². The maximum Gasteiger partial charge on any atom is 0.130 e. The maximum absolute atomic E-state index is 6.20. The lowest BCUT2D eigenvalue weighted by atomic mass is 10.0. The van der Waals surface area contributed by atoms with Gasteiger partial charge in [0, 0.05) is 30.6 Å². The summed E-state index contributed by atoms with van der Waals surface area (Å²) in [5.41, 5.74) is 9.46. The van der Waals surface area contributed by atoms with Gasteiger partial charge in [-0.1, -0.05) is 18.2 Å². The smallest absolute Gasteiger partial charge is 0.130 e. The molecule has 0 bridgehead atoms. The van der Waals surface area contributed by atoms with Crippen molar-refractivity contribution in [2.45, 2.75) is 0 Å². The van der Waals surface area contributed by atoms with Crippen LogP contribution in [0.3, 0.4) is 0 Å². The molecular formula is C15H15N5O. The molecule has 2 N–H and O–H groups in total. The van der Waals surface area contributed by atoms with Gasteiger partial charge in [-0.2, -0.15) is 5.10 Å². The van der Waals surface area contributed by atoms with Crippen LogP contribution >= 0.6 is 0 Å². The van der Waals surface area contributed by atoms with Crippen molar-refractivity contribution in [2.75, 3.05) is 12.8 Å². The van der Waals surface area contributed by atoms with Gasteiger partial charge in [0.15, 0.2) is 0 Å². The first-order valence-electron chi connectivity index (χ1n) is 6.43. The molecule has 0 aliphatic carbocycles. The lowest BCUT2D eigenvalue weighted by molar-refractivity contribution is 0.416. The van der Waals surface area contributed by atoms with Crippen LogP contribution in [0.25, 0.3) is 22.4 Å². The fourth-order valence-corrected chi connectivity index (χ4v) is 2.28. The van der Waals surface area contributed by atoms with Crippen molar-refractivity contribution in [3.05, 3.63) is 43.0 Å². The highest BCUT2D eigenvalue weighted by Gasteiger charge is 2.20. The number of ether oxygens (including phenoxy) is 1.